The van der Waals surface area contributed by atoms with E-state index in [1.807, 2.05) is 12.1 Å². The number of anilines is 1. The van der Waals surface area contributed by atoms with Gasteiger partial charge in [0.2, 0.25) is 0 Å². The second kappa shape index (κ2) is 10.6. The van der Waals surface area contributed by atoms with Gasteiger partial charge in [-0.05, 0) is 60.9 Å². The van der Waals surface area contributed by atoms with Gasteiger partial charge in [0.25, 0.3) is 5.91 Å². The Morgan fingerprint density at radius 3 is 2.59 bits per heavy atom. The number of amides is 1. The maximum Gasteiger partial charge on any atom is 0.320 e. The number of rotatable bonds is 7. The third-order valence-electron chi connectivity index (χ3n) is 5.34. The number of carbonyl (C=O) groups excluding carboxylic acids is 2. The van der Waals surface area contributed by atoms with Crippen LogP contribution in [0.2, 0.25) is 0 Å². The lowest BCUT2D eigenvalue weighted by atomic mass is 9.97. The van der Waals surface area contributed by atoms with E-state index >= 15 is 0 Å². The van der Waals surface area contributed by atoms with Crippen molar-refractivity contribution in [2.75, 3.05) is 38.6 Å². The molecule has 1 aliphatic rings. The van der Waals surface area contributed by atoms with Crippen LogP contribution in [0.15, 0.2) is 42.5 Å². The van der Waals surface area contributed by atoms with Gasteiger partial charge >= 0.3 is 5.97 Å². The molecular formula is C25H28N4O3. The monoisotopic (exact) mass is 432 g/mol. The van der Waals surface area contributed by atoms with E-state index in [9.17, 15) is 9.59 Å². The molecular weight excluding hydrogens is 404 g/mol. The molecule has 2 aromatic carbocycles. The van der Waals surface area contributed by atoms with Gasteiger partial charge in [-0.2, -0.15) is 0 Å². The van der Waals surface area contributed by atoms with E-state index in [-0.39, 0.29) is 18.4 Å². The predicted octanol–water partition coefficient (Wildman–Crippen LogP) is 2.75. The molecule has 0 aromatic heterocycles. The van der Waals surface area contributed by atoms with Crippen LogP contribution in [-0.2, 0) is 22.5 Å². The van der Waals surface area contributed by atoms with Crippen LogP contribution < -0.4 is 5.32 Å². The van der Waals surface area contributed by atoms with Crippen molar-refractivity contribution in [3.8, 4) is 12.3 Å². The third-order valence-corrected chi connectivity index (χ3v) is 5.34. The van der Waals surface area contributed by atoms with Crippen LogP contribution in [0.3, 0.4) is 0 Å². The number of nitrogens with one attached hydrogen (secondary N) is 2. The van der Waals surface area contributed by atoms with Crippen LogP contribution in [0.25, 0.3) is 0 Å². The number of terminal acetylenes is 1. The third kappa shape index (κ3) is 5.74. The lowest BCUT2D eigenvalue weighted by Crippen LogP contribution is -2.35. The van der Waals surface area contributed by atoms with Gasteiger partial charge in [-0.15, -0.1) is 6.42 Å². The molecule has 0 radical (unpaired) electrons. The summed E-state index contributed by atoms with van der Waals surface area (Å²) in [6, 6.07) is 12.8. The molecule has 0 unspecified atom stereocenters. The lowest BCUT2D eigenvalue weighted by Gasteiger charge is -2.28. The summed E-state index contributed by atoms with van der Waals surface area (Å²) in [6.45, 7) is 4.23. The Kier molecular flexibility index (Phi) is 7.63. The topological polar surface area (TPSA) is 85.7 Å². The van der Waals surface area contributed by atoms with E-state index in [0.717, 1.165) is 29.7 Å². The van der Waals surface area contributed by atoms with Gasteiger partial charge in [0.1, 0.15) is 5.84 Å². The van der Waals surface area contributed by atoms with Crippen molar-refractivity contribution in [2.24, 2.45) is 0 Å². The van der Waals surface area contributed by atoms with Crippen LogP contribution in [0.5, 0.6) is 0 Å². The summed E-state index contributed by atoms with van der Waals surface area (Å²) >= 11 is 0. The number of benzene rings is 2. The van der Waals surface area contributed by atoms with E-state index in [2.05, 4.69) is 16.1 Å². The molecule has 0 spiro atoms. The van der Waals surface area contributed by atoms with E-state index in [1.165, 1.54) is 0 Å². The molecule has 0 saturated heterocycles. The molecule has 1 aliphatic heterocycles. The first-order valence-corrected chi connectivity index (χ1v) is 10.6. The van der Waals surface area contributed by atoms with Crippen LogP contribution in [0, 0.1) is 17.8 Å². The summed E-state index contributed by atoms with van der Waals surface area (Å²) in [5.74, 6) is 2.44. The van der Waals surface area contributed by atoms with Gasteiger partial charge in [0, 0.05) is 37.0 Å². The van der Waals surface area contributed by atoms with E-state index < -0.39 is 0 Å². The zero-order chi connectivity index (χ0) is 23.1. The number of esters is 1. The zero-order valence-electron chi connectivity index (χ0n) is 18.5. The summed E-state index contributed by atoms with van der Waals surface area (Å²) in [4.78, 5) is 28.2. The minimum Gasteiger partial charge on any atom is -0.465 e. The fourth-order valence-electron chi connectivity index (χ4n) is 3.63. The molecule has 0 bridgehead atoms. The molecule has 2 N–H and O–H groups in total. The summed E-state index contributed by atoms with van der Waals surface area (Å²) < 4.78 is 5.03. The molecule has 166 valence electrons. The number of hydrogen-bond donors (Lipinski definition) is 2. The first kappa shape index (κ1) is 23.0. The van der Waals surface area contributed by atoms with Crippen molar-refractivity contribution in [2.45, 2.75) is 19.9 Å². The van der Waals surface area contributed by atoms with Gasteiger partial charge < -0.3 is 15.0 Å². The lowest BCUT2D eigenvalue weighted by molar-refractivity contribution is -0.144. The Balaban J connectivity index is 1.61. The van der Waals surface area contributed by atoms with Crippen molar-refractivity contribution >= 4 is 23.4 Å². The quantitative estimate of drug-likeness (QED) is 0.304. The number of amidine groups is 1. The summed E-state index contributed by atoms with van der Waals surface area (Å²) in [5, 5.41) is 11.1. The smallest absolute Gasteiger partial charge is 0.320 e. The minimum atomic E-state index is -0.212. The molecule has 3 rings (SSSR count). The summed E-state index contributed by atoms with van der Waals surface area (Å²) in [7, 11) is 1.77. The van der Waals surface area contributed by atoms with Crippen molar-refractivity contribution in [1.29, 1.82) is 5.41 Å². The SMILES string of the molecule is C#CCN(C)C(=N)c1ccc(NC(=O)c2ccc3c(c2)CCN(CC(=O)OCC)C3)cc1. The first-order chi connectivity index (χ1) is 15.4. The fraction of sp³-hybridized carbons (Fsp3) is 0.320. The van der Waals surface area contributed by atoms with Crippen LogP contribution in [0.1, 0.15) is 34.0 Å². The van der Waals surface area contributed by atoms with Crippen molar-refractivity contribution < 1.29 is 14.3 Å². The summed E-state index contributed by atoms with van der Waals surface area (Å²) in [5.41, 5.74) is 4.22. The molecule has 0 saturated carbocycles. The normalized spacial score (nSPS) is 12.9. The molecule has 32 heavy (non-hydrogen) atoms. The van der Waals surface area contributed by atoms with Crippen molar-refractivity contribution in [1.82, 2.24) is 9.80 Å². The number of ether oxygens (including phenoxy) is 1. The Hall–Kier alpha value is -3.63. The number of fused-ring (bicyclic) bond motifs is 1. The van der Waals surface area contributed by atoms with Crippen LogP contribution in [0.4, 0.5) is 5.69 Å². The molecule has 7 nitrogen and oxygen atoms in total. The van der Waals surface area contributed by atoms with Crippen LogP contribution in [-0.4, -0.2) is 60.8 Å². The van der Waals surface area contributed by atoms with Gasteiger partial charge in [-0.25, -0.2) is 0 Å². The number of hydrogen-bond acceptors (Lipinski definition) is 5. The minimum absolute atomic E-state index is 0.186. The Labute approximate surface area is 188 Å². The van der Waals surface area contributed by atoms with Gasteiger partial charge in [-0.3, -0.25) is 19.9 Å². The maximum absolute atomic E-state index is 12.7. The van der Waals surface area contributed by atoms with E-state index in [0.29, 0.717) is 36.8 Å². The summed E-state index contributed by atoms with van der Waals surface area (Å²) in [6.07, 6.45) is 6.08. The van der Waals surface area contributed by atoms with Crippen LogP contribution >= 0.6 is 0 Å². The Morgan fingerprint density at radius 1 is 1.19 bits per heavy atom. The van der Waals surface area contributed by atoms with Gasteiger partial charge in [0.05, 0.1) is 19.7 Å². The fourth-order valence-corrected chi connectivity index (χ4v) is 3.63. The first-order valence-electron chi connectivity index (χ1n) is 10.6. The average Bonchev–Trinajstić information content (AvgIpc) is 2.79. The molecule has 2 aromatic rings. The maximum atomic E-state index is 12.7. The second-order valence-corrected chi connectivity index (χ2v) is 7.69. The predicted molar refractivity (Wildman–Crippen MR) is 125 cm³/mol. The largest absolute Gasteiger partial charge is 0.465 e. The average molecular weight is 433 g/mol. The molecule has 0 aliphatic carbocycles. The molecule has 1 heterocycles. The number of carbonyl (C=O) groups is 2. The molecule has 1 amide bonds. The standard InChI is InChI=1S/C25H28N4O3/c1-4-13-28(3)24(26)18-8-10-22(11-9-18)27-25(31)20-6-7-21-16-29(14-12-19(21)15-20)17-23(30)32-5-2/h1,6-11,15,26H,5,12-14,16-17H2,2-3H3,(H,27,31). The second-order valence-electron chi connectivity index (χ2n) is 7.69. The van der Waals surface area contributed by atoms with E-state index in [4.69, 9.17) is 16.6 Å². The molecule has 0 atom stereocenters. The zero-order valence-corrected chi connectivity index (χ0v) is 18.5. The highest BCUT2D eigenvalue weighted by Gasteiger charge is 2.20. The van der Waals surface area contributed by atoms with Crippen molar-refractivity contribution in [3.05, 3.63) is 64.7 Å². The highest BCUT2D eigenvalue weighted by Crippen LogP contribution is 2.21. The number of nitrogens with zero attached hydrogens (tertiary/aromatic N) is 2. The Morgan fingerprint density at radius 2 is 1.91 bits per heavy atom. The van der Waals surface area contributed by atoms with Gasteiger partial charge in [0.15, 0.2) is 0 Å². The highest BCUT2D eigenvalue weighted by atomic mass is 16.5. The van der Waals surface area contributed by atoms with Gasteiger partial charge in [-0.1, -0.05) is 12.0 Å². The molecule has 7 heteroatoms. The molecule has 0 fully saturated rings. The highest BCUT2D eigenvalue weighted by molar-refractivity contribution is 6.05. The van der Waals surface area contributed by atoms with E-state index in [1.54, 1.807) is 49.2 Å². The Bertz CT molecular complexity index is 1040. The van der Waals surface area contributed by atoms with Crippen molar-refractivity contribution in [3.63, 3.8) is 0 Å².